The van der Waals surface area contributed by atoms with Crippen molar-refractivity contribution in [3.05, 3.63) is 64.7 Å². The number of hydrogen-bond donors (Lipinski definition) is 1. The van der Waals surface area contributed by atoms with Crippen molar-refractivity contribution in [3.8, 4) is 5.88 Å². The zero-order valence-corrected chi connectivity index (χ0v) is 14.2. The minimum absolute atomic E-state index is 0.704. The molecule has 2 aromatic heterocycles. The van der Waals surface area contributed by atoms with Crippen LogP contribution in [0.2, 0.25) is 0 Å². The number of aromatic nitrogens is 2. The third-order valence-corrected chi connectivity index (χ3v) is 4.89. The summed E-state index contributed by atoms with van der Waals surface area (Å²) in [5.74, 6) is 1.72. The maximum absolute atomic E-state index is 5.28. The molecule has 1 aromatic carbocycles. The number of methoxy groups -OCH3 is 1. The number of nitrogens with zero attached hydrogens (tertiary/aromatic N) is 3. The summed E-state index contributed by atoms with van der Waals surface area (Å²) in [6.07, 6.45) is 1.84. The van der Waals surface area contributed by atoms with E-state index in [2.05, 4.69) is 43.8 Å². The van der Waals surface area contributed by atoms with Crippen LogP contribution in [0.5, 0.6) is 5.88 Å². The first kappa shape index (κ1) is 15.0. The van der Waals surface area contributed by atoms with Crippen molar-refractivity contribution in [1.29, 1.82) is 0 Å². The lowest BCUT2D eigenvalue weighted by atomic mass is 10.1. The standard InChI is InChI=1S/C18H18N4OS/c1-23-18-14(12-24-21-18)9-20-16-6-4-5-13-10-22(11-15(13)16)17-7-2-3-8-19-17/h2-8,12,20H,9-11H2,1H3. The van der Waals surface area contributed by atoms with Gasteiger partial charge in [-0.15, -0.1) is 0 Å². The van der Waals surface area contributed by atoms with E-state index in [-0.39, 0.29) is 0 Å². The molecular weight excluding hydrogens is 320 g/mol. The minimum atomic E-state index is 0.704. The largest absolute Gasteiger partial charge is 0.480 e. The van der Waals surface area contributed by atoms with E-state index in [0.29, 0.717) is 12.4 Å². The van der Waals surface area contributed by atoms with Crippen LogP contribution >= 0.6 is 11.5 Å². The molecule has 0 spiro atoms. The van der Waals surface area contributed by atoms with Crippen LogP contribution < -0.4 is 15.0 Å². The molecule has 0 atom stereocenters. The highest BCUT2D eigenvalue weighted by Gasteiger charge is 2.22. The Morgan fingerprint density at radius 3 is 3.00 bits per heavy atom. The van der Waals surface area contributed by atoms with E-state index in [4.69, 9.17) is 4.74 Å². The molecule has 0 amide bonds. The smallest absolute Gasteiger partial charge is 0.229 e. The highest BCUT2D eigenvalue weighted by atomic mass is 32.1. The Kier molecular flexibility index (Phi) is 4.04. The normalized spacial score (nSPS) is 13.0. The van der Waals surface area contributed by atoms with Gasteiger partial charge in [-0.3, -0.25) is 0 Å². The summed E-state index contributed by atoms with van der Waals surface area (Å²) < 4.78 is 9.52. The van der Waals surface area contributed by atoms with E-state index in [1.54, 1.807) is 7.11 Å². The van der Waals surface area contributed by atoms with Crippen molar-refractivity contribution in [2.45, 2.75) is 19.6 Å². The Morgan fingerprint density at radius 2 is 2.17 bits per heavy atom. The fourth-order valence-corrected chi connectivity index (χ4v) is 3.66. The van der Waals surface area contributed by atoms with E-state index >= 15 is 0 Å². The van der Waals surface area contributed by atoms with Crippen LogP contribution in [0.3, 0.4) is 0 Å². The number of nitrogens with one attached hydrogen (secondary N) is 1. The van der Waals surface area contributed by atoms with Gasteiger partial charge in [0.25, 0.3) is 0 Å². The van der Waals surface area contributed by atoms with Crippen LogP contribution in [0.15, 0.2) is 48.0 Å². The number of pyridine rings is 1. The number of benzene rings is 1. The summed E-state index contributed by atoms with van der Waals surface area (Å²) in [7, 11) is 1.66. The quantitative estimate of drug-likeness (QED) is 0.769. The second-order valence-electron chi connectivity index (χ2n) is 5.69. The van der Waals surface area contributed by atoms with E-state index in [1.165, 1.54) is 28.3 Å². The summed E-state index contributed by atoms with van der Waals surface area (Å²) in [6, 6.07) is 12.5. The first-order chi connectivity index (χ1) is 11.8. The molecule has 0 saturated carbocycles. The highest BCUT2D eigenvalue weighted by Crippen LogP contribution is 2.32. The number of ether oxygens (including phenoxy) is 1. The molecule has 0 saturated heterocycles. The molecule has 0 aliphatic carbocycles. The molecule has 1 N–H and O–H groups in total. The lowest BCUT2D eigenvalue weighted by molar-refractivity contribution is 0.398. The van der Waals surface area contributed by atoms with Crippen LogP contribution in [-0.2, 0) is 19.6 Å². The minimum Gasteiger partial charge on any atom is -0.480 e. The van der Waals surface area contributed by atoms with Crippen LogP contribution in [0, 0.1) is 0 Å². The third-order valence-electron chi connectivity index (χ3n) is 4.22. The Hall–Kier alpha value is -2.60. The van der Waals surface area contributed by atoms with Gasteiger partial charge >= 0.3 is 0 Å². The molecule has 4 rings (SSSR count). The summed E-state index contributed by atoms with van der Waals surface area (Å²) in [5.41, 5.74) is 4.94. The molecule has 0 fully saturated rings. The second-order valence-corrected chi connectivity index (χ2v) is 6.32. The number of rotatable bonds is 5. The van der Waals surface area contributed by atoms with Gasteiger partial charge in [0.05, 0.1) is 7.11 Å². The average molecular weight is 338 g/mol. The van der Waals surface area contributed by atoms with Crippen molar-refractivity contribution in [1.82, 2.24) is 9.36 Å². The van der Waals surface area contributed by atoms with E-state index in [0.717, 1.165) is 24.5 Å². The Balaban J connectivity index is 1.53. The van der Waals surface area contributed by atoms with Crippen molar-refractivity contribution in [2.24, 2.45) is 0 Å². The van der Waals surface area contributed by atoms with Gasteiger partial charge in [0.1, 0.15) is 5.82 Å². The predicted molar refractivity (Wildman–Crippen MR) is 96.6 cm³/mol. The van der Waals surface area contributed by atoms with Gasteiger partial charge in [0.15, 0.2) is 0 Å². The van der Waals surface area contributed by atoms with Gasteiger partial charge in [-0.1, -0.05) is 18.2 Å². The number of fused-ring (bicyclic) bond motifs is 1. The Morgan fingerprint density at radius 1 is 1.21 bits per heavy atom. The van der Waals surface area contributed by atoms with Crippen molar-refractivity contribution >= 4 is 23.0 Å². The average Bonchev–Trinajstić information content (AvgIpc) is 3.27. The molecule has 1 aliphatic rings. The zero-order valence-electron chi connectivity index (χ0n) is 13.4. The maximum atomic E-state index is 5.28. The van der Waals surface area contributed by atoms with Crippen LogP contribution in [0.25, 0.3) is 0 Å². The molecule has 0 unspecified atom stereocenters. The lowest BCUT2D eigenvalue weighted by Crippen LogP contribution is -2.15. The third kappa shape index (κ3) is 2.80. The second kappa shape index (κ2) is 6.49. The molecule has 1 aliphatic heterocycles. The molecule has 3 heterocycles. The van der Waals surface area contributed by atoms with Crippen LogP contribution in [0.1, 0.15) is 16.7 Å². The first-order valence-corrected chi connectivity index (χ1v) is 8.66. The highest BCUT2D eigenvalue weighted by molar-refractivity contribution is 7.03. The molecule has 6 heteroatoms. The molecule has 24 heavy (non-hydrogen) atoms. The number of anilines is 2. The summed E-state index contributed by atoms with van der Waals surface area (Å²) >= 11 is 1.42. The predicted octanol–water partition coefficient (Wildman–Crippen LogP) is 3.68. The molecule has 0 bridgehead atoms. The SMILES string of the molecule is COc1nscc1CNc1cccc2c1CN(c1ccccn1)C2. The van der Waals surface area contributed by atoms with Crippen molar-refractivity contribution in [3.63, 3.8) is 0 Å². The summed E-state index contributed by atoms with van der Waals surface area (Å²) in [6.45, 7) is 2.47. The summed E-state index contributed by atoms with van der Waals surface area (Å²) in [5, 5.41) is 5.56. The van der Waals surface area contributed by atoms with Crippen LogP contribution in [0.4, 0.5) is 11.5 Å². The molecular formula is C18H18N4OS. The first-order valence-electron chi connectivity index (χ1n) is 7.83. The van der Waals surface area contributed by atoms with Gasteiger partial charge in [0.2, 0.25) is 5.88 Å². The topological polar surface area (TPSA) is 50.3 Å². The monoisotopic (exact) mass is 338 g/mol. The van der Waals surface area contributed by atoms with Gasteiger partial charge in [-0.25, -0.2) is 4.98 Å². The van der Waals surface area contributed by atoms with Gasteiger partial charge < -0.3 is 15.0 Å². The maximum Gasteiger partial charge on any atom is 0.229 e. The molecule has 122 valence electrons. The van der Waals surface area contributed by atoms with Crippen molar-refractivity contribution < 1.29 is 4.74 Å². The molecule has 0 radical (unpaired) electrons. The van der Waals surface area contributed by atoms with E-state index in [9.17, 15) is 0 Å². The fourth-order valence-electron chi connectivity index (χ4n) is 3.01. The molecule has 5 nitrogen and oxygen atoms in total. The molecule has 3 aromatic rings. The lowest BCUT2D eigenvalue weighted by Gasteiger charge is -2.16. The number of hydrogen-bond acceptors (Lipinski definition) is 6. The van der Waals surface area contributed by atoms with Gasteiger partial charge in [0, 0.05) is 42.5 Å². The fraction of sp³-hybridized carbons (Fsp3) is 0.222. The van der Waals surface area contributed by atoms with E-state index < -0.39 is 0 Å². The Labute approximate surface area is 145 Å². The van der Waals surface area contributed by atoms with Gasteiger partial charge in [-0.2, -0.15) is 4.37 Å². The van der Waals surface area contributed by atoms with Crippen LogP contribution in [-0.4, -0.2) is 16.5 Å². The Bertz CT molecular complexity index is 834. The van der Waals surface area contributed by atoms with E-state index in [1.807, 2.05) is 23.7 Å². The zero-order chi connectivity index (χ0) is 16.4. The van der Waals surface area contributed by atoms with Crippen molar-refractivity contribution in [2.75, 3.05) is 17.3 Å². The summed E-state index contributed by atoms with van der Waals surface area (Å²) in [4.78, 5) is 6.76. The van der Waals surface area contributed by atoms with Gasteiger partial charge in [-0.05, 0) is 40.9 Å².